The third-order valence-corrected chi connectivity index (χ3v) is 4.38. The third-order valence-electron chi connectivity index (χ3n) is 3.61. The van der Waals surface area contributed by atoms with E-state index in [9.17, 15) is 4.79 Å². The molecular formula is C15H17N5OS. The average molecular weight is 315 g/mol. The van der Waals surface area contributed by atoms with Gasteiger partial charge >= 0.3 is 0 Å². The van der Waals surface area contributed by atoms with Crippen LogP contribution in [-0.4, -0.2) is 31.6 Å². The zero-order valence-electron chi connectivity index (χ0n) is 12.5. The zero-order valence-corrected chi connectivity index (χ0v) is 13.4. The van der Waals surface area contributed by atoms with Gasteiger partial charge in [-0.3, -0.25) is 4.79 Å². The first kappa shape index (κ1) is 14.6. The summed E-state index contributed by atoms with van der Waals surface area (Å²) in [6.45, 7) is 2.50. The van der Waals surface area contributed by atoms with Crippen LogP contribution in [0.15, 0.2) is 24.3 Å². The summed E-state index contributed by atoms with van der Waals surface area (Å²) < 4.78 is 5.90. The van der Waals surface area contributed by atoms with E-state index >= 15 is 0 Å². The summed E-state index contributed by atoms with van der Waals surface area (Å²) in [5.41, 5.74) is 2.83. The molecule has 22 heavy (non-hydrogen) atoms. The van der Waals surface area contributed by atoms with Crippen molar-refractivity contribution in [3.8, 4) is 0 Å². The van der Waals surface area contributed by atoms with Crippen LogP contribution in [0.4, 0.5) is 0 Å². The van der Waals surface area contributed by atoms with E-state index < -0.39 is 0 Å². The molecule has 6 nitrogen and oxygen atoms in total. The number of imidazole rings is 1. The van der Waals surface area contributed by atoms with Gasteiger partial charge in [-0.05, 0) is 30.1 Å². The van der Waals surface area contributed by atoms with Gasteiger partial charge in [-0.1, -0.05) is 23.5 Å². The number of carbonyl (C=O) groups excluding carboxylic acids is 1. The van der Waals surface area contributed by atoms with Gasteiger partial charge in [0.2, 0.25) is 0 Å². The average Bonchev–Trinajstić information content (AvgIpc) is 3.13. The van der Waals surface area contributed by atoms with Crippen LogP contribution in [0.25, 0.3) is 11.0 Å². The number of nitrogens with zero attached hydrogens (tertiary/aromatic N) is 4. The van der Waals surface area contributed by atoms with E-state index in [-0.39, 0.29) is 5.91 Å². The monoisotopic (exact) mass is 315 g/mol. The number of nitrogens with one attached hydrogen (secondary N) is 1. The molecule has 0 atom stereocenters. The summed E-state index contributed by atoms with van der Waals surface area (Å²) in [7, 11) is 1.99. The van der Waals surface area contributed by atoms with Gasteiger partial charge in [-0.2, -0.15) is 0 Å². The van der Waals surface area contributed by atoms with Gasteiger partial charge < -0.3 is 9.88 Å². The fraction of sp³-hybridized carbons (Fsp3) is 0.333. The van der Waals surface area contributed by atoms with Crippen molar-refractivity contribution in [2.75, 3.05) is 6.54 Å². The minimum atomic E-state index is -0.106. The van der Waals surface area contributed by atoms with Crippen molar-refractivity contribution in [3.63, 3.8) is 0 Å². The third kappa shape index (κ3) is 2.71. The second-order valence-electron chi connectivity index (χ2n) is 4.98. The normalized spacial score (nSPS) is 11.0. The molecule has 0 aliphatic rings. The Morgan fingerprint density at radius 3 is 2.95 bits per heavy atom. The van der Waals surface area contributed by atoms with Crippen molar-refractivity contribution in [1.29, 1.82) is 0 Å². The molecule has 0 spiro atoms. The van der Waals surface area contributed by atoms with Crippen molar-refractivity contribution in [2.24, 2.45) is 7.05 Å². The van der Waals surface area contributed by atoms with Gasteiger partial charge in [0.1, 0.15) is 10.7 Å². The number of para-hydroxylation sites is 2. The molecule has 0 aliphatic heterocycles. The molecule has 0 aliphatic carbocycles. The molecule has 1 amide bonds. The molecule has 114 valence electrons. The van der Waals surface area contributed by atoms with Crippen molar-refractivity contribution < 1.29 is 4.79 Å². The van der Waals surface area contributed by atoms with Crippen LogP contribution in [0.1, 0.15) is 28.1 Å². The smallest absolute Gasteiger partial charge is 0.264 e. The number of benzene rings is 1. The van der Waals surface area contributed by atoms with E-state index in [1.54, 1.807) is 0 Å². The molecule has 0 radical (unpaired) electrons. The van der Waals surface area contributed by atoms with E-state index in [4.69, 9.17) is 0 Å². The van der Waals surface area contributed by atoms with E-state index in [1.807, 2.05) is 38.2 Å². The molecule has 7 heteroatoms. The number of carbonyl (C=O) groups is 1. The summed E-state index contributed by atoms with van der Waals surface area (Å²) in [5, 5.41) is 6.87. The predicted molar refractivity (Wildman–Crippen MR) is 86.0 cm³/mol. The van der Waals surface area contributed by atoms with Gasteiger partial charge in [0, 0.05) is 20.0 Å². The minimum absolute atomic E-state index is 0.106. The van der Waals surface area contributed by atoms with Gasteiger partial charge in [-0.25, -0.2) is 4.98 Å². The molecule has 3 rings (SSSR count). The maximum Gasteiger partial charge on any atom is 0.264 e. The van der Waals surface area contributed by atoms with Crippen molar-refractivity contribution >= 4 is 28.5 Å². The lowest BCUT2D eigenvalue weighted by molar-refractivity contribution is 0.0957. The highest BCUT2D eigenvalue weighted by atomic mass is 32.1. The number of hydrogen-bond donors (Lipinski definition) is 1. The van der Waals surface area contributed by atoms with Crippen molar-refractivity contribution in [3.05, 3.63) is 40.7 Å². The number of aryl methyl sites for hydroxylation is 2. The van der Waals surface area contributed by atoms with Gasteiger partial charge in [-0.15, -0.1) is 5.10 Å². The molecule has 2 heterocycles. The lowest BCUT2D eigenvalue weighted by atomic mass is 10.3. The van der Waals surface area contributed by atoms with Gasteiger partial charge in [0.25, 0.3) is 5.91 Å². The minimum Gasteiger partial charge on any atom is -0.351 e. The summed E-state index contributed by atoms with van der Waals surface area (Å²) in [5.74, 6) is 0.852. The van der Waals surface area contributed by atoms with Crippen molar-refractivity contribution in [1.82, 2.24) is 24.5 Å². The summed E-state index contributed by atoms with van der Waals surface area (Å²) in [6, 6.07) is 8.01. The molecular weight excluding hydrogens is 298 g/mol. The maximum absolute atomic E-state index is 12.1. The zero-order chi connectivity index (χ0) is 15.5. The number of amides is 1. The Morgan fingerprint density at radius 2 is 2.18 bits per heavy atom. The standard InChI is InChI=1S/C15H17N5OS/c1-3-10-14(22-19-18-10)15(21)16-9-8-13-17-11-6-4-5-7-12(11)20(13)2/h4-7H,3,8-9H2,1-2H3,(H,16,21). The Bertz CT molecular complexity index is 807. The Hall–Kier alpha value is -2.28. The van der Waals surface area contributed by atoms with Gasteiger partial charge in [0.15, 0.2) is 0 Å². The number of hydrogen-bond acceptors (Lipinski definition) is 5. The molecule has 2 aromatic heterocycles. The first-order valence-corrected chi connectivity index (χ1v) is 7.97. The Balaban J connectivity index is 1.65. The van der Waals surface area contributed by atoms with Crippen LogP contribution in [0.2, 0.25) is 0 Å². The molecule has 0 fully saturated rings. The van der Waals surface area contributed by atoms with E-state index in [2.05, 4.69) is 24.5 Å². The molecule has 3 aromatic rings. The molecule has 0 saturated carbocycles. The second kappa shape index (κ2) is 6.23. The first-order valence-electron chi connectivity index (χ1n) is 7.20. The number of aromatic nitrogens is 4. The lowest BCUT2D eigenvalue weighted by Gasteiger charge is -2.05. The molecule has 0 unspecified atom stereocenters. The van der Waals surface area contributed by atoms with Crippen LogP contribution < -0.4 is 5.32 Å². The SMILES string of the molecule is CCc1nnsc1C(=O)NCCc1nc2ccccc2n1C. The van der Waals surface area contributed by atoms with Crippen LogP contribution >= 0.6 is 11.5 Å². The summed E-state index contributed by atoms with van der Waals surface area (Å²) >= 11 is 1.14. The highest BCUT2D eigenvalue weighted by Gasteiger charge is 2.15. The maximum atomic E-state index is 12.1. The number of rotatable bonds is 5. The Morgan fingerprint density at radius 1 is 1.36 bits per heavy atom. The van der Waals surface area contributed by atoms with Crippen LogP contribution in [0.3, 0.4) is 0 Å². The number of fused-ring (bicyclic) bond motifs is 1. The summed E-state index contributed by atoms with van der Waals surface area (Å²) in [6.07, 6.45) is 1.40. The fourth-order valence-corrected chi connectivity index (χ4v) is 3.07. The fourth-order valence-electron chi connectivity index (χ4n) is 2.40. The van der Waals surface area contributed by atoms with Crippen LogP contribution in [0.5, 0.6) is 0 Å². The lowest BCUT2D eigenvalue weighted by Crippen LogP contribution is -2.26. The van der Waals surface area contributed by atoms with Crippen molar-refractivity contribution in [2.45, 2.75) is 19.8 Å². The molecule has 0 saturated heterocycles. The van der Waals surface area contributed by atoms with E-state index in [0.717, 1.165) is 34.1 Å². The quantitative estimate of drug-likeness (QED) is 0.781. The molecule has 0 bridgehead atoms. The van der Waals surface area contributed by atoms with E-state index in [1.165, 1.54) is 0 Å². The van der Waals surface area contributed by atoms with Gasteiger partial charge in [0.05, 0.1) is 16.7 Å². The second-order valence-corrected chi connectivity index (χ2v) is 5.74. The van der Waals surface area contributed by atoms with E-state index in [0.29, 0.717) is 24.3 Å². The Labute approximate surface area is 132 Å². The highest BCUT2D eigenvalue weighted by molar-refractivity contribution is 7.08. The topological polar surface area (TPSA) is 72.7 Å². The summed E-state index contributed by atoms with van der Waals surface area (Å²) in [4.78, 5) is 17.3. The van der Waals surface area contributed by atoms with Crippen LogP contribution in [-0.2, 0) is 19.9 Å². The predicted octanol–water partition coefficient (Wildman–Crippen LogP) is 1.96. The van der Waals surface area contributed by atoms with Crippen LogP contribution in [0, 0.1) is 0 Å². The molecule has 1 aromatic carbocycles. The highest BCUT2D eigenvalue weighted by Crippen LogP contribution is 2.14. The largest absolute Gasteiger partial charge is 0.351 e. The first-order chi connectivity index (χ1) is 10.7. The Kier molecular flexibility index (Phi) is 4.15. The molecule has 1 N–H and O–H groups in total.